The zero-order valence-electron chi connectivity index (χ0n) is 13.1. The number of nitro groups is 1. The van der Waals surface area contributed by atoms with Gasteiger partial charge in [-0.05, 0) is 36.7 Å². The van der Waals surface area contributed by atoms with Gasteiger partial charge in [0.15, 0.2) is 0 Å². The third-order valence-corrected chi connectivity index (χ3v) is 3.49. The molecular formula is C17H20N2O3. The number of nitrogens with zero attached hydrogens (tertiary/aromatic N) is 2. The van der Waals surface area contributed by atoms with E-state index < -0.39 is 0 Å². The monoisotopic (exact) mass is 300 g/mol. The maximum absolute atomic E-state index is 10.8. The fourth-order valence-corrected chi connectivity index (χ4v) is 2.49. The molecule has 0 radical (unpaired) electrons. The molecule has 0 saturated carbocycles. The summed E-state index contributed by atoms with van der Waals surface area (Å²) < 4.78 is 5.26. The topological polar surface area (TPSA) is 55.6 Å². The number of non-ortho nitro benzene ring substituents is 1. The van der Waals surface area contributed by atoms with Crippen molar-refractivity contribution in [2.75, 3.05) is 14.2 Å². The van der Waals surface area contributed by atoms with Gasteiger partial charge in [0.25, 0.3) is 5.69 Å². The lowest BCUT2D eigenvalue weighted by Gasteiger charge is -2.17. The van der Waals surface area contributed by atoms with Crippen molar-refractivity contribution in [1.29, 1.82) is 0 Å². The normalized spacial score (nSPS) is 10.7. The van der Waals surface area contributed by atoms with Crippen LogP contribution >= 0.6 is 0 Å². The first-order chi connectivity index (χ1) is 10.5. The highest BCUT2D eigenvalue weighted by molar-refractivity contribution is 5.36. The van der Waals surface area contributed by atoms with E-state index in [4.69, 9.17) is 4.74 Å². The molecule has 2 rings (SSSR count). The molecule has 0 unspecified atom stereocenters. The van der Waals surface area contributed by atoms with Gasteiger partial charge in [-0.1, -0.05) is 24.3 Å². The lowest BCUT2D eigenvalue weighted by molar-refractivity contribution is -0.384. The van der Waals surface area contributed by atoms with Gasteiger partial charge in [0.05, 0.1) is 12.0 Å². The number of benzene rings is 2. The van der Waals surface area contributed by atoms with Crippen molar-refractivity contribution in [2.24, 2.45) is 0 Å². The summed E-state index contributed by atoms with van der Waals surface area (Å²) in [6.07, 6.45) is 0. The number of nitro benzene ring substituents is 1. The van der Waals surface area contributed by atoms with Crippen molar-refractivity contribution in [1.82, 2.24) is 4.90 Å². The third kappa shape index (κ3) is 4.05. The number of aryl methyl sites for hydroxylation is 1. The van der Waals surface area contributed by atoms with Gasteiger partial charge in [0, 0.05) is 25.2 Å². The zero-order valence-corrected chi connectivity index (χ0v) is 13.1. The molecule has 0 bridgehead atoms. The van der Waals surface area contributed by atoms with E-state index in [-0.39, 0.29) is 10.6 Å². The molecule has 0 saturated heterocycles. The first-order valence-electron chi connectivity index (χ1n) is 7.05. The van der Waals surface area contributed by atoms with Crippen LogP contribution in [0.5, 0.6) is 5.75 Å². The molecule has 116 valence electrons. The molecule has 2 aromatic carbocycles. The van der Waals surface area contributed by atoms with E-state index in [1.54, 1.807) is 19.2 Å². The van der Waals surface area contributed by atoms with Gasteiger partial charge in [0.1, 0.15) is 5.75 Å². The molecule has 0 amide bonds. The van der Waals surface area contributed by atoms with Crippen LogP contribution in [0.1, 0.15) is 16.7 Å². The molecule has 0 fully saturated rings. The summed E-state index contributed by atoms with van der Waals surface area (Å²) in [5.74, 6) is 0.880. The van der Waals surface area contributed by atoms with Crippen molar-refractivity contribution < 1.29 is 9.66 Å². The Morgan fingerprint density at radius 2 is 1.82 bits per heavy atom. The minimum atomic E-state index is -0.365. The second kappa shape index (κ2) is 7.04. The van der Waals surface area contributed by atoms with Crippen LogP contribution in [-0.4, -0.2) is 24.0 Å². The Hall–Kier alpha value is -2.40. The molecule has 0 spiro atoms. The maximum atomic E-state index is 10.8. The average Bonchev–Trinajstić information content (AvgIpc) is 2.47. The minimum absolute atomic E-state index is 0.131. The van der Waals surface area contributed by atoms with Crippen LogP contribution < -0.4 is 4.74 Å². The van der Waals surface area contributed by atoms with Crippen LogP contribution in [0.25, 0.3) is 0 Å². The summed E-state index contributed by atoms with van der Waals surface area (Å²) >= 11 is 0. The van der Waals surface area contributed by atoms with E-state index in [1.165, 1.54) is 11.6 Å². The van der Waals surface area contributed by atoms with Crippen molar-refractivity contribution in [3.8, 4) is 5.75 Å². The minimum Gasteiger partial charge on any atom is -0.496 e. The van der Waals surface area contributed by atoms with Crippen molar-refractivity contribution >= 4 is 5.69 Å². The van der Waals surface area contributed by atoms with Gasteiger partial charge < -0.3 is 4.74 Å². The zero-order chi connectivity index (χ0) is 16.1. The Kier molecular flexibility index (Phi) is 5.12. The van der Waals surface area contributed by atoms with Crippen LogP contribution in [0.4, 0.5) is 5.69 Å². The van der Waals surface area contributed by atoms with Crippen molar-refractivity contribution in [3.63, 3.8) is 0 Å². The lowest BCUT2D eigenvalue weighted by atomic mass is 10.1. The highest BCUT2D eigenvalue weighted by Gasteiger charge is 2.08. The van der Waals surface area contributed by atoms with Crippen LogP contribution in [0, 0.1) is 17.0 Å². The Labute approximate surface area is 130 Å². The second-order valence-electron chi connectivity index (χ2n) is 5.40. The fourth-order valence-electron chi connectivity index (χ4n) is 2.49. The summed E-state index contributed by atoms with van der Waals surface area (Å²) in [7, 11) is 3.66. The third-order valence-electron chi connectivity index (χ3n) is 3.49. The summed E-state index contributed by atoms with van der Waals surface area (Å²) in [4.78, 5) is 12.6. The molecule has 0 atom stereocenters. The van der Waals surface area contributed by atoms with E-state index in [9.17, 15) is 10.1 Å². The summed E-state index contributed by atoms with van der Waals surface area (Å²) in [5.41, 5.74) is 3.35. The smallest absolute Gasteiger partial charge is 0.269 e. The molecule has 0 aliphatic rings. The van der Waals surface area contributed by atoms with Crippen LogP contribution in [0.2, 0.25) is 0 Å². The first-order valence-corrected chi connectivity index (χ1v) is 7.05. The Morgan fingerprint density at radius 1 is 1.14 bits per heavy atom. The largest absolute Gasteiger partial charge is 0.496 e. The Morgan fingerprint density at radius 3 is 2.41 bits per heavy atom. The van der Waals surface area contributed by atoms with Crippen molar-refractivity contribution in [2.45, 2.75) is 20.0 Å². The van der Waals surface area contributed by atoms with Crippen LogP contribution in [0.15, 0.2) is 42.5 Å². The number of hydrogen-bond donors (Lipinski definition) is 0. The molecule has 0 aromatic heterocycles. The standard InChI is InChI=1S/C17H20N2O3/c1-13-9-15(7-8-17(13)22-3)12-18(2)11-14-5-4-6-16(10-14)19(20)21/h4-10H,11-12H2,1-3H3. The molecular weight excluding hydrogens is 280 g/mol. The molecule has 0 aliphatic carbocycles. The van der Waals surface area contributed by atoms with Gasteiger partial charge >= 0.3 is 0 Å². The lowest BCUT2D eigenvalue weighted by Crippen LogP contribution is -2.17. The quantitative estimate of drug-likeness (QED) is 0.605. The predicted molar refractivity (Wildman–Crippen MR) is 86.0 cm³/mol. The number of rotatable bonds is 6. The maximum Gasteiger partial charge on any atom is 0.269 e. The Balaban J connectivity index is 2.03. The molecule has 5 nitrogen and oxygen atoms in total. The number of methoxy groups -OCH3 is 1. The summed E-state index contributed by atoms with van der Waals surface area (Å²) in [6, 6.07) is 12.9. The fraction of sp³-hybridized carbons (Fsp3) is 0.294. The molecule has 2 aromatic rings. The Bertz CT molecular complexity index is 671. The predicted octanol–water partition coefficient (Wildman–Crippen LogP) is 3.54. The van der Waals surface area contributed by atoms with E-state index in [1.807, 2.05) is 32.2 Å². The summed E-state index contributed by atoms with van der Waals surface area (Å²) in [5, 5.41) is 10.8. The van der Waals surface area contributed by atoms with E-state index in [2.05, 4.69) is 11.0 Å². The molecule has 0 N–H and O–H groups in total. The van der Waals surface area contributed by atoms with Crippen LogP contribution in [-0.2, 0) is 13.1 Å². The first kappa shape index (κ1) is 16.0. The van der Waals surface area contributed by atoms with Gasteiger partial charge in [-0.15, -0.1) is 0 Å². The summed E-state index contributed by atoms with van der Waals surface area (Å²) in [6.45, 7) is 3.45. The number of ether oxygens (including phenoxy) is 1. The molecule has 22 heavy (non-hydrogen) atoms. The van der Waals surface area contributed by atoms with Crippen LogP contribution in [0.3, 0.4) is 0 Å². The van der Waals surface area contributed by atoms with E-state index in [0.717, 1.165) is 23.4 Å². The average molecular weight is 300 g/mol. The SMILES string of the molecule is COc1ccc(CN(C)Cc2cccc([N+](=O)[O-])c2)cc1C. The van der Waals surface area contributed by atoms with Gasteiger partial charge in [-0.25, -0.2) is 0 Å². The highest BCUT2D eigenvalue weighted by atomic mass is 16.6. The van der Waals surface area contributed by atoms with E-state index >= 15 is 0 Å². The molecule has 0 heterocycles. The second-order valence-corrected chi connectivity index (χ2v) is 5.40. The molecule has 0 aliphatic heterocycles. The van der Waals surface area contributed by atoms with Gasteiger partial charge in [0.2, 0.25) is 0 Å². The molecule has 5 heteroatoms. The van der Waals surface area contributed by atoms with Gasteiger partial charge in [-0.3, -0.25) is 15.0 Å². The van der Waals surface area contributed by atoms with E-state index in [0.29, 0.717) is 6.54 Å². The number of hydrogen-bond acceptors (Lipinski definition) is 4. The highest BCUT2D eigenvalue weighted by Crippen LogP contribution is 2.20. The van der Waals surface area contributed by atoms with Crippen molar-refractivity contribution in [3.05, 3.63) is 69.3 Å². The van der Waals surface area contributed by atoms with Gasteiger partial charge in [-0.2, -0.15) is 0 Å².